The second kappa shape index (κ2) is 7.63. The van der Waals surface area contributed by atoms with Crippen LogP contribution in [0.1, 0.15) is 31.1 Å². The van der Waals surface area contributed by atoms with Crippen LogP contribution in [0.2, 0.25) is 0 Å². The molecule has 3 N–H and O–H groups in total. The van der Waals surface area contributed by atoms with Crippen molar-refractivity contribution in [3.63, 3.8) is 0 Å². The summed E-state index contributed by atoms with van der Waals surface area (Å²) in [4.78, 5) is 24.1. The fraction of sp³-hybridized carbons (Fsp3) is 0.333. The zero-order chi connectivity index (χ0) is 17.7. The number of anilines is 2. The standard InChI is InChI=1S/C15H18N4O3S2/c1-4-22-11(20)9-5-7-10(8-6-9)17-12(21)15(2,3)24-14-19-18-13(16)23-14/h5-8H,4H2,1-3H3,(H2,16,18)(H,17,21). The highest BCUT2D eigenvalue weighted by atomic mass is 32.2. The van der Waals surface area contributed by atoms with Gasteiger partial charge in [-0.25, -0.2) is 4.79 Å². The Balaban J connectivity index is 2.01. The maximum absolute atomic E-state index is 12.5. The number of carbonyl (C=O) groups excluding carboxylic acids is 2. The van der Waals surface area contributed by atoms with E-state index in [1.54, 1.807) is 45.0 Å². The number of nitrogen functional groups attached to an aromatic ring is 1. The molecule has 128 valence electrons. The van der Waals surface area contributed by atoms with Crippen molar-refractivity contribution in [3.05, 3.63) is 29.8 Å². The number of benzene rings is 1. The Morgan fingerprint density at radius 1 is 1.29 bits per heavy atom. The fourth-order valence-electron chi connectivity index (χ4n) is 1.71. The third-order valence-corrected chi connectivity index (χ3v) is 4.96. The Bertz CT molecular complexity index is 729. The lowest BCUT2D eigenvalue weighted by Crippen LogP contribution is -2.33. The quantitative estimate of drug-likeness (QED) is 0.598. The minimum absolute atomic E-state index is 0.190. The van der Waals surface area contributed by atoms with Crippen molar-refractivity contribution in [2.45, 2.75) is 29.9 Å². The number of nitrogens with zero attached hydrogens (tertiary/aromatic N) is 2. The zero-order valence-corrected chi connectivity index (χ0v) is 15.2. The number of carbonyl (C=O) groups is 2. The number of esters is 1. The van der Waals surface area contributed by atoms with Gasteiger partial charge in [-0.1, -0.05) is 23.1 Å². The van der Waals surface area contributed by atoms with Gasteiger partial charge in [0.15, 0.2) is 4.34 Å². The van der Waals surface area contributed by atoms with E-state index in [4.69, 9.17) is 10.5 Å². The van der Waals surface area contributed by atoms with Crippen molar-refractivity contribution in [1.82, 2.24) is 10.2 Å². The summed E-state index contributed by atoms with van der Waals surface area (Å²) < 4.78 is 4.79. The molecule has 9 heteroatoms. The summed E-state index contributed by atoms with van der Waals surface area (Å²) in [6.45, 7) is 5.64. The van der Waals surface area contributed by atoms with Crippen molar-refractivity contribution in [2.24, 2.45) is 0 Å². The van der Waals surface area contributed by atoms with E-state index in [1.807, 2.05) is 0 Å². The third kappa shape index (κ3) is 4.68. The molecule has 2 aromatic rings. The summed E-state index contributed by atoms with van der Waals surface area (Å²) in [7, 11) is 0. The first kappa shape index (κ1) is 18.2. The monoisotopic (exact) mass is 366 g/mol. The number of aromatic nitrogens is 2. The van der Waals surface area contributed by atoms with Crippen LogP contribution in [0.25, 0.3) is 0 Å². The van der Waals surface area contributed by atoms with E-state index >= 15 is 0 Å². The van der Waals surface area contributed by atoms with Gasteiger partial charge in [-0.2, -0.15) is 0 Å². The average molecular weight is 366 g/mol. The normalized spacial score (nSPS) is 11.1. The fourth-order valence-corrected chi connectivity index (χ4v) is 3.76. The van der Waals surface area contributed by atoms with E-state index < -0.39 is 4.75 Å². The van der Waals surface area contributed by atoms with Crippen molar-refractivity contribution in [3.8, 4) is 0 Å². The van der Waals surface area contributed by atoms with Crippen molar-refractivity contribution < 1.29 is 14.3 Å². The second-order valence-corrected chi connectivity index (χ2v) is 8.15. The number of nitrogens with two attached hydrogens (primary N) is 1. The van der Waals surface area contributed by atoms with E-state index in [-0.39, 0.29) is 11.9 Å². The van der Waals surface area contributed by atoms with Crippen LogP contribution in [-0.4, -0.2) is 33.4 Å². The molecule has 0 bridgehead atoms. The first-order chi connectivity index (χ1) is 11.3. The number of ether oxygens (including phenoxy) is 1. The minimum atomic E-state index is -0.758. The molecule has 1 amide bonds. The van der Waals surface area contributed by atoms with Crippen LogP contribution in [0.4, 0.5) is 10.8 Å². The summed E-state index contributed by atoms with van der Waals surface area (Å²) in [5.41, 5.74) is 6.58. The lowest BCUT2D eigenvalue weighted by molar-refractivity contribution is -0.117. The molecule has 0 spiro atoms. The number of rotatable bonds is 6. The van der Waals surface area contributed by atoms with Gasteiger partial charge < -0.3 is 15.8 Å². The molecule has 0 aliphatic carbocycles. The maximum atomic E-state index is 12.5. The van der Waals surface area contributed by atoms with E-state index in [0.717, 1.165) is 0 Å². The van der Waals surface area contributed by atoms with Crippen LogP contribution in [-0.2, 0) is 9.53 Å². The summed E-state index contributed by atoms with van der Waals surface area (Å²) in [5.74, 6) is -0.578. The summed E-state index contributed by atoms with van der Waals surface area (Å²) in [5, 5.41) is 10.8. The van der Waals surface area contributed by atoms with Gasteiger partial charge in [0.05, 0.1) is 16.9 Å². The van der Waals surface area contributed by atoms with Crippen molar-refractivity contribution in [2.75, 3.05) is 17.7 Å². The van der Waals surface area contributed by atoms with Crippen molar-refractivity contribution >= 4 is 45.8 Å². The molecule has 0 aliphatic heterocycles. The largest absolute Gasteiger partial charge is 0.462 e. The second-order valence-electron chi connectivity index (χ2n) is 5.27. The van der Waals surface area contributed by atoms with E-state index in [9.17, 15) is 9.59 Å². The highest BCUT2D eigenvalue weighted by Gasteiger charge is 2.30. The topological polar surface area (TPSA) is 107 Å². The SMILES string of the molecule is CCOC(=O)c1ccc(NC(=O)C(C)(C)Sc2nnc(N)s2)cc1. The molecule has 0 saturated heterocycles. The smallest absolute Gasteiger partial charge is 0.338 e. The lowest BCUT2D eigenvalue weighted by Gasteiger charge is -2.21. The Kier molecular flexibility index (Phi) is 5.79. The Hall–Kier alpha value is -2.13. The lowest BCUT2D eigenvalue weighted by atomic mass is 10.1. The Morgan fingerprint density at radius 3 is 2.50 bits per heavy atom. The molecule has 7 nitrogen and oxygen atoms in total. The summed E-state index contributed by atoms with van der Waals surface area (Å²) in [6, 6.07) is 6.54. The van der Waals surface area contributed by atoms with E-state index in [2.05, 4.69) is 15.5 Å². The highest BCUT2D eigenvalue weighted by molar-refractivity contribution is 8.03. The maximum Gasteiger partial charge on any atom is 0.338 e. The van der Waals surface area contributed by atoms with Crippen LogP contribution in [0.3, 0.4) is 0 Å². The van der Waals surface area contributed by atoms with Gasteiger partial charge in [0.2, 0.25) is 11.0 Å². The summed E-state index contributed by atoms with van der Waals surface area (Å²) >= 11 is 2.52. The van der Waals surface area contributed by atoms with Crippen LogP contribution in [0, 0.1) is 0 Å². The molecule has 0 radical (unpaired) electrons. The number of thioether (sulfide) groups is 1. The molecule has 0 atom stereocenters. The molecule has 1 aromatic heterocycles. The van der Waals surface area contributed by atoms with Crippen LogP contribution in [0.5, 0.6) is 0 Å². The first-order valence-corrected chi connectivity index (χ1v) is 8.81. The Labute approximate surface area is 148 Å². The minimum Gasteiger partial charge on any atom is -0.462 e. The number of amides is 1. The van der Waals surface area contributed by atoms with Crippen molar-refractivity contribution in [1.29, 1.82) is 0 Å². The zero-order valence-electron chi connectivity index (χ0n) is 13.5. The first-order valence-electron chi connectivity index (χ1n) is 7.18. The molecule has 0 fully saturated rings. The molecule has 2 rings (SSSR count). The van der Waals surface area contributed by atoms with Gasteiger partial charge in [0.1, 0.15) is 0 Å². The summed E-state index contributed by atoms with van der Waals surface area (Å²) in [6.07, 6.45) is 0. The molecule has 24 heavy (non-hydrogen) atoms. The Morgan fingerprint density at radius 2 is 1.96 bits per heavy atom. The highest BCUT2D eigenvalue weighted by Crippen LogP contribution is 2.35. The van der Waals surface area contributed by atoms with E-state index in [1.165, 1.54) is 23.1 Å². The van der Waals surface area contributed by atoms with Crippen LogP contribution < -0.4 is 11.1 Å². The van der Waals surface area contributed by atoms with Crippen LogP contribution >= 0.6 is 23.1 Å². The number of hydrogen-bond donors (Lipinski definition) is 2. The molecular formula is C15H18N4O3S2. The van der Waals surface area contributed by atoms with Gasteiger partial charge >= 0.3 is 5.97 Å². The molecule has 0 unspecified atom stereocenters. The van der Waals surface area contributed by atoms with Gasteiger partial charge in [-0.15, -0.1) is 10.2 Å². The molecule has 1 heterocycles. The van der Waals surface area contributed by atoms with Gasteiger partial charge in [-0.05, 0) is 45.0 Å². The average Bonchev–Trinajstić information content (AvgIpc) is 2.92. The number of nitrogens with one attached hydrogen (secondary N) is 1. The predicted octanol–water partition coefficient (Wildman–Crippen LogP) is 2.81. The van der Waals surface area contributed by atoms with E-state index in [0.29, 0.717) is 27.3 Å². The van der Waals surface area contributed by atoms with Gasteiger partial charge in [0.25, 0.3) is 0 Å². The molecule has 1 aromatic carbocycles. The molecular weight excluding hydrogens is 348 g/mol. The molecule has 0 aliphatic rings. The predicted molar refractivity (Wildman–Crippen MR) is 95.3 cm³/mol. The van der Waals surface area contributed by atoms with Crippen LogP contribution in [0.15, 0.2) is 28.6 Å². The van der Waals surface area contributed by atoms with Gasteiger partial charge in [-0.3, -0.25) is 4.79 Å². The molecule has 0 saturated carbocycles. The van der Waals surface area contributed by atoms with Gasteiger partial charge in [0, 0.05) is 5.69 Å². The number of hydrogen-bond acceptors (Lipinski definition) is 8. The third-order valence-electron chi connectivity index (χ3n) is 2.97.